The SMILES string of the molecule is CCOC(=O)N1CCC(NC(=NC)NCC(C)SC)CC1. The fraction of sp³-hybridized carbons (Fsp3) is 0.857. The molecule has 6 nitrogen and oxygen atoms in total. The number of aliphatic imine (C=N–C) groups is 1. The Kier molecular flexibility index (Phi) is 8.34. The van der Waals surface area contributed by atoms with Crippen LogP contribution in [0.1, 0.15) is 26.7 Å². The predicted molar refractivity (Wildman–Crippen MR) is 89.1 cm³/mol. The zero-order valence-corrected chi connectivity index (χ0v) is 14.3. The van der Waals surface area contributed by atoms with Crippen molar-refractivity contribution in [3.05, 3.63) is 0 Å². The molecule has 0 aromatic heterocycles. The maximum atomic E-state index is 11.6. The van der Waals surface area contributed by atoms with Gasteiger partial charge in [-0.25, -0.2) is 4.79 Å². The third-order valence-electron chi connectivity index (χ3n) is 3.54. The largest absolute Gasteiger partial charge is 0.450 e. The number of nitrogens with zero attached hydrogens (tertiary/aromatic N) is 2. The Hall–Kier alpha value is -1.11. The van der Waals surface area contributed by atoms with E-state index in [0.717, 1.165) is 38.4 Å². The number of thioether (sulfide) groups is 1. The first-order valence-corrected chi connectivity index (χ1v) is 8.81. The van der Waals surface area contributed by atoms with E-state index in [-0.39, 0.29) is 6.09 Å². The molecule has 7 heteroatoms. The number of nitrogens with one attached hydrogen (secondary N) is 2. The second-order valence-corrected chi connectivity index (χ2v) is 6.38. The molecule has 1 atom stereocenters. The summed E-state index contributed by atoms with van der Waals surface area (Å²) in [6.45, 7) is 6.80. The minimum absolute atomic E-state index is 0.202. The molecule has 1 unspecified atom stereocenters. The number of carbonyl (C=O) groups excluding carboxylic acids is 1. The Morgan fingerprint density at radius 1 is 1.48 bits per heavy atom. The molecule has 0 saturated carbocycles. The number of guanidine groups is 1. The van der Waals surface area contributed by atoms with Gasteiger partial charge in [0.2, 0.25) is 0 Å². The number of hydrogen-bond acceptors (Lipinski definition) is 4. The molecule has 1 aliphatic heterocycles. The van der Waals surface area contributed by atoms with Crippen molar-refractivity contribution < 1.29 is 9.53 Å². The molecular weight excluding hydrogens is 288 g/mol. The average Bonchev–Trinajstić information content (AvgIpc) is 2.51. The van der Waals surface area contributed by atoms with Crippen LogP contribution in [0.2, 0.25) is 0 Å². The average molecular weight is 316 g/mol. The van der Waals surface area contributed by atoms with Gasteiger partial charge in [-0.3, -0.25) is 4.99 Å². The van der Waals surface area contributed by atoms with E-state index in [1.165, 1.54) is 0 Å². The summed E-state index contributed by atoms with van der Waals surface area (Å²) < 4.78 is 5.02. The Balaban J connectivity index is 2.32. The number of rotatable bonds is 5. The highest BCUT2D eigenvalue weighted by atomic mass is 32.2. The van der Waals surface area contributed by atoms with E-state index in [0.29, 0.717) is 17.9 Å². The molecule has 1 aliphatic rings. The van der Waals surface area contributed by atoms with Crippen LogP contribution < -0.4 is 10.6 Å². The summed E-state index contributed by atoms with van der Waals surface area (Å²) in [4.78, 5) is 17.7. The standard InChI is InChI=1S/C14H28N4O2S/c1-5-20-14(19)18-8-6-12(7-9-18)17-13(15-3)16-10-11(2)21-4/h11-12H,5-10H2,1-4H3,(H2,15,16,17). The summed E-state index contributed by atoms with van der Waals surface area (Å²) in [6, 6.07) is 0.353. The second kappa shape index (κ2) is 9.76. The minimum Gasteiger partial charge on any atom is -0.450 e. The highest BCUT2D eigenvalue weighted by Gasteiger charge is 2.24. The molecule has 21 heavy (non-hydrogen) atoms. The Morgan fingerprint density at radius 3 is 2.67 bits per heavy atom. The first-order valence-electron chi connectivity index (χ1n) is 7.52. The zero-order valence-electron chi connectivity index (χ0n) is 13.5. The van der Waals surface area contributed by atoms with E-state index in [1.807, 2.05) is 18.7 Å². The molecule has 0 spiro atoms. The molecule has 1 heterocycles. The van der Waals surface area contributed by atoms with Crippen molar-refractivity contribution in [2.75, 3.05) is 39.5 Å². The van der Waals surface area contributed by atoms with Crippen LogP contribution in [-0.4, -0.2) is 67.8 Å². The van der Waals surface area contributed by atoms with Gasteiger partial charge >= 0.3 is 6.09 Å². The molecule has 0 aromatic carbocycles. The predicted octanol–water partition coefficient (Wildman–Crippen LogP) is 1.52. The number of likely N-dealkylation sites (tertiary alicyclic amines) is 1. The summed E-state index contributed by atoms with van der Waals surface area (Å²) in [5, 5.41) is 7.31. The van der Waals surface area contributed by atoms with Gasteiger partial charge in [0.15, 0.2) is 5.96 Å². The lowest BCUT2D eigenvalue weighted by atomic mass is 10.1. The molecule has 0 aromatic rings. The van der Waals surface area contributed by atoms with Crippen molar-refractivity contribution in [3.63, 3.8) is 0 Å². The summed E-state index contributed by atoms with van der Waals surface area (Å²) >= 11 is 1.83. The van der Waals surface area contributed by atoms with Gasteiger partial charge in [-0.1, -0.05) is 6.92 Å². The summed E-state index contributed by atoms with van der Waals surface area (Å²) in [6.07, 6.45) is 3.73. The van der Waals surface area contributed by atoms with Crippen LogP contribution in [-0.2, 0) is 4.74 Å². The van der Waals surface area contributed by atoms with Gasteiger partial charge in [-0.2, -0.15) is 11.8 Å². The van der Waals surface area contributed by atoms with Crippen LogP contribution in [0, 0.1) is 0 Å². The topological polar surface area (TPSA) is 66.0 Å². The van der Waals surface area contributed by atoms with Crippen LogP contribution >= 0.6 is 11.8 Å². The number of carbonyl (C=O) groups is 1. The molecule has 1 fully saturated rings. The molecule has 1 rings (SSSR count). The minimum atomic E-state index is -0.202. The molecule has 1 saturated heterocycles. The van der Waals surface area contributed by atoms with Crippen LogP contribution in [0.4, 0.5) is 4.79 Å². The summed E-state index contributed by atoms with van der Waals surface area (Å²) in [5.41, 5.74) is 0. The monoisotopic (exact) mass is 316 g/mol. The maximum Gasteiger partial charge on any atom is 0.409 e. The van der Waals surface area contributed by atoms with Gasteiger partial charge in [-0.15, -0.1) is 0 Å². The van der Waals surface area contributed by atoms with E-state index >= 15 is 0 Å². The molecule has 2 N–H and O–H groups in total. The van der Waals surface area contributed by atoms with Crippen molar-refractivity contribution in [2.24, 2.45) is 4.99 Å². The van der Waals surface area contributed by atoms with E-state index < -0.39 is 0 Å². The van der Waals surface area contributed by atoms with Crippen molar-refractivity contribution >= 4 is 23.8 Å². The lowest BCUT2D eigenvalue weighted by Crippen LogP contribution is -2.50. The van der Waals surface area contributed by atoms with Crippen LogP contribution in [0.25, 0.3) is 0 Å². The molecular formula is C14H28N4O2S. The number of ether oxygens (including phenoxy) is 1. The van der Waals surface area contributed by atoms with Gasteiger partial charge in [0.25, 0.3) is 0 Å². The van der Waals surface area contributed by atoms with Gasteiger partial charge in [0.1, 0.15) is 0 Å². The maximum absolute atomic E-state index is 11.6. The van der Waals surface area contributed by atoms with Crippen molar-refractivity contribution in [1.82, 2.24) is 15.5 Å². The highest BCUT2D eigenvalue weighted by molar-refractivity contribution is 7.99. The molecule has 122 valence electrons. The second-order valence-electron chi connectivity index (χ2n) is 5.10. The smallest absolute Gasteiger partial charge is 0.409 e. The van der Waals surface area contributed by atoms with E-state index in [2.05, 4.69) is 28.8 Å². The fourth-order valence-electron chi connectivity index (χ4n) is 2.13. The molecule has 1 amide bonds. The van der Waals surface area contributed by atoms with Gasteiger partial charge in [0.05, 0.1) is 6.61 Å². The normalized spacial score (nSPS) is 18.3. The molecule has 0 radical (unpaired) electrons. The third-order valence-corrected chi connectivity index (χ3v) is 4.52. The van der Waals surface area contributed by atoms with Gasteiger partial charge in [-0.05, 0) is 26.0 Å². The summed E-state index contributed by atoms with van der Waals surface area (Å²) in [5.74, 6) is 0.838. The van der Waals surface area contributed by atoms with Gasteiger partial charge < -0.3 is 20.3 Å². The van der Waals surface area contributed by atoms with E-state index in [9.17, 15) is 4.79 Å². The van der Waals surface area contributed by atoms with Crippen molar-refractivity contribution in [1.29, 1.82) is 0 Å². The van der Waals surface area contributed by atoms with Gasteiger partial charge in [0, 0.05) is 38.0 Å². The molecule has 0 bridgehead atoms. The Labute approximate surface area is 132 Å². The molecule has 0 aliphatic carbocycles. The zero-order chi connectivity index (χ0) is 15.7. The first-order chi connectivity index (χ1) is 10.1. The van der Waals surface area contributed by atoms with Crippen LogP contribution in [0.5, 0.6) is 0 Å². The van der Waals surface area contributed by atoms with Crippen molar-refractivity contribution in [2.45, 2.75) is 38.0 Å². The third kappa shape index (κ3) is 6.46. The van der Waals surface area contributed by atoms with Crippen LogP contribution in [0.3, 0.4) is 0 Å². The highest BCUT2D eigenvalue weighted by Crippen LogP contribution is 2.11. The number of piperidine rings is 1. The van der Waals surface area contributed by atoms with Crippen molar-refractivity contribution in [3.8, 4) is 0 Å². The van der Waals surface area contributed by atoms with E-state index in [1.54, 1.807) is 11.9 Å². The number of amides is 1. The first kappa shape index (κ1) is 17.9. The Bertz CT molecular complexity index is 344. The lowest BCUT2D eigenvalue weighted by Gasteiger charge is -2.32. The Morgan fingerprint density at radius 2 is 2.14 bits per heavy atom. The lowest BCUT2D eigenvalue weighted by molar-refractivity contribution is 0.0963. The summed E-state index contributed by atoms with van der Waals surface area (Å²) in [7, 11) is 1.78. The van der Waals surface area contributed by atoms with Crippen LogP contribution in [0.15, 0.2) is 4.99 Å². The number of hydrogen-bond donors (Lipinski definition) is 2. The quantitative estimate of drug-likeness (QED) is 0.595. The fourth-order valence-corrected chi connectivity index (χ4v) is 2.38. The van der Waals surface area contributed by atoms with E-state index in [4.69, 9.17) is 4.74 Å².